The number of nitrogens with zero attached hydrogens (tertiary/aromatic N) is 1. The lowest BCUT2D eigenvalue weighted by Gasteiger charge is -2.09. The molecular formula is C12H12N2S. The Bertz CT molecular complexity index is 480. The number of nitrogens with two attached hydrogens (primary N) is 1. The molecule has 2 nitrogen and oxygen atoms in total. The summed E-state index contributed by atoms with van der Waals surface area (Å²) in [6, 6.07) is 7.89. The summed E-state index contributed by atoms with van der Waals surface area (Å²) in [5.74, 6) is 0. The van der Waals surface area contributed by atoms with E-state index in [0.29, 0.717) is 5.69 Å². The average molecular weight is 216 g/mol. The van der Waals surface area contributed by atoms with Gasteiger partial charge >= 0.3 is 0 Å². The van der Waals surface area contributed by atoms with Crippen LogP contribution in [0.15, 0.2) is 41.6 Å². The first kappa shape index (κ1) is 10.1. The van der Waals surface area contributed by atoms with Crippen molar-refractivity contribution >= 4 is 18.3 Å². The topological polar surface area (TPSA) is 38.9 Å². The SMILES string of the molecule is Cc1cc(N)c(S)c(-c2cccnc2)c1. The number of nitrogen functional groups attached to an aromatic ring is 1. The third kappa shape index (κ3) is 1.97. The molecule has 0 amide bonds. The highest BCUT2D eigenvalue weighted by atomic mass is 32.1. The molecule has 3 heteroatoms. The van der Waals surface area contributed by atoms with Crippen LogP contribution in [0.1, 0.15) is 5.56 Å². The molecule has 0 unspecified atom stereocenters. The molecule has 1 aromatic heterocycles. The highest BCUT2D eigenvalue weighted by molar-refractivity contribution is 7.80. The second-order valence-corrected chi connectivity index (χ2v) is 3.94. The molecule has 0 spiro atoms. The first-order valence-electron chi connectivity index (χ1n) is 4.68. The lowest BCUT2D eigenvalue weighted by molar-refractivity contribution is 1.31. The van der Waals surface area contributed by atoms with Crippen LogP contribution in [0.3, 0.4) is 0 Å². The minimum atomic E-state index is 0.706. The third-order valence-electron chi connectivity index (χ3n) is 2.26. The summed E-state index contributed by atoms with van der Waals surface area (Å²) in [7, 11) is 0. The number of aromatic nitrogens is 1. The van der Waals surface area contributed by atoms with Crippen LogP contribution in [0.4, 0.5) is 5.69 Å². The van der Waals surface area contributed by atoms with Crippen molar-refractivity contribution in [1.29, 1.82) is 0 Å². The quantitative estimate of drug-likeness (QED) is 0.568. The van der Waals surface area contributed by atoms with Gasteiger partial charge in [0.25, 0.3) is 0 Å². The molecule has 0 saturated heterocycles. The van der Waals surface area contributed by atoms with E-state index in [0.717, 1.165) is 21.6 Å². The van der Waals surface area contributed by atoms with Gasteiger partial charge in [-0.15, -0.1) is 12.6 Å². The minimum absolute atomic E-state index is 0.706. The van der Waals surface area contributed by atoms with Crippen molar-refractivity contribution in [1.82, 2.24) is 4.98 Å². The van der Waals surface area contributed by atoms with E-state index in [-0.39, 0.29) is 0 Å². The van der Waals surface area contributed by atoms with E-state index in [2.05, 4.69) is 23.7 Å². The lowest BCUT2D eigenvalue weighted by Crippen LogP contribution is -1.91. The Kier molecular flexibility index (Phi) is 2.64. The Labute approximate surface area is 94.6 Å². The van der Waals surface area contributed by atoms with E-state index < -0.39 is 0 Å². The number of anilines is 1. The Balaban J connectivity index is 2.63. The average Bonchev–Trinajstić information content (AvgIpc) is 2.24. The summed E-state index contributed by atoms with van der Waals surface area (Å²) in [6.45, 7) is 2.02. The van der Waals surface area contributed by atoms with Crippen LogP contribution in [-0.2, 0) is 0 Å². The summed E-state index contributed by atoms with van der Waals surface area (Å²) in [4.78, 5) is 4.90. The molecule has 0 bridgehead atoms. The van der Waals surface area contributed by atoms with Crippen LogP contribution < -0.4 is 5.73 Å². The summed E-state index contributed by atoms with van der Waals surface area (Å²) >= 11 is 4.42. The van der Waals surface area contributed by atoms with E-state index in [4.69, 9.17) is 5.73 Å². The number of hydrogen-bond acceptors (Lipinski definition) is 3. The number of pyridine rings is 1. The summed E-state index contributed by atoms with van der Waals surface area (Å²) in [5, 5.41) is 0. The minimum Gasteiger partial charge on any atom is -0.398 e. The Hall–Kier alpha value is -1.48. The normalized spacial score (nSPS) is 10.3. The standard InChI is InChI=1S/C12H12N2S/c1-8-5-10(12(15)11(13)6-8)9-3-2-4-14-7-9/h2-7,15H,13H2,1H3. The summed E-state index contributed by atoms with van der Waals surface area (Å²) in [6.07, 6.45) is 3.56. The van der Waals surface area contributed by atoms with E-state index in [1.54, 1.807) is 6.20 Å². The lowest BCUT2D eigenvalue weighted by atomic mass is 10.0. The fraction of sp³-hybridized carbons (Fsp3) is 0.0833. The Morgan fingerprint density at radius 1 is 1.33 bits per heavy atom. The van der Waals surface area contributed by atoms with Crippen LogP contribution in [0.5, 0.6) is 0 Å². The molecule has 0 fully saturated rings. The van der Waals surface area contributed by atoms with Gasteiger partial charge in [-0.1, -0.05) is 12.1 Å². The van der Waals surface area contributed by atoms with Gasteiger partial charge in [0.15, 0.2) is 0 Å². The second kappa shape index (κ2) is 3.95. The number of hydrogen-bond donors (Lipinski definition) is 2. The molecule has 0 aliphatic carbocycles. The predicted octanol–water partition coefficient (Wildman–Crippen LogP) is 2.93. The van der Waals surface area contributed by atoms with Crippen molar-refractivity contribution in [2.75, 3.05) is 5.73 Å². The molecule has 1 aromatic carbocycles. The monoisotopic (exact) mass is 216 g/mol. The fourth-order valence-electron chi connectivity index (χ4n) is 1.55. The van der Waals surface area contributed by atoms with Gasteiger partial charge in [-0.25, -0.2) is 0 Å². The molecule has 2 aromatic rings. The van der Waals surface area contributed by atoms with Gasteiger partial charge in [-0.3, -0.25) is 4.98 Å². The third-order valence-corrected chi connectivity index (χ3v) is 2.76. The molecule has 15 heavy (non-hydrogen) atoms. The number of benzene rings is 1. The highest BCUT2D eigenvalue weighted by Crippen LogP contribution is 2.31. The zero-order valence-corrected chi connectivity index (χ0v) is 9.33. The van der Waals surface area contributed by atoms with Crippen molar-refractivity contribution in [2.45, 2.75) is 11.8 Å². The first-order valence-corrected chi connectivity index (χ1v) is 5.12. The molecule has 76 valence electrons. The molecule has 1 heterocycles. The van der Waals surface area contributed by atoms with E-state index in [9.17, 15) is 0 Å². The molecule has 2 N–H and O–H groups in total. The van der Waals surface area contributed by atoms with Crippen LogP contribution in [0.2, 0.25) is 0 Å². The maximum Gasteiger partial charge on any atom is 0.0458 e. The molecular weight excluding hydrogens is 204 g/mol. The molecule has 2 rings (SSSR count). The van der Waals surface area contributed by atoms with Crippen LogP contribution in [0, 0.1) is 6.92 Å². The number of aryl methyl sites for hydroxylation is 1. The van der Waals surface area contributed by atoms with Crippen LogP contribution in [0.25, 0.3) is 11.1 Å². The van der Waals surface area contributed by atoms with Gasteiger partial charge in [0, 0.05) is 28.5 Å². The van der Waals surface area contributed by atoms with Gasteiger partial charge in [0.2, 0.25) is 0 Å². The number of rotatable bonds is 1. The zero-order chi connectivity index (χ0) is 10.8. The predicted molar refractivity (Wildman–Crippen MR) is 66.1 cm³/mol. The van der Waals surface area contributed by atoms with Crippen LogP contribution >= 0.6 is 12.6 Å². The van der Waals surface area contributed by atoms with Gasteiger partial charge in [0.1, 0.15) is 0 Å². The molecule has 0 aliphatic heterocycles. The molecule has 0 radical (unpaired) electrons. The van der Waals surface area contributed by atoms with Crippen molar-refractivity contribution < 1.29 is 0 Å². The van der Waals surface area contributed by atoms with Crippen molar-refractivity contribution in [2.24, 2.45) is 0 Å². The Morgan fingerprint density at radius 2 is 2.13 bits per heavy atom. The van der Waals surface area contributed by atoms with Crippen molar-refractivity contribution in [3.05, 3.63) is 42.2 Å². The van der Waals surface area contributed by atoms with Gasteiger partial charge in [-0.05, 0) is 30.2 Å². The van der Waals surface area contributed by atoms with Gasteiger partial charge in [0.05, 0.1) is 0 Å². The van der Waals surface area contributed by atoms with Gasteiger partial charge < -0.3 is 5.73 Å². The highest BCUT2D eigenvalue weighted by Gasteiger charge is 2.06. The summed E-state index contributed by atoms with van der Waals surface area (Å²) in [5.41, 5.74) is 9.77. The first-order chi connectivity index (χ1) is 7.18. The van der Waals surface area contributed by atoms with Crippen molar-refractivity contribution in [3.8, 4) is 11.1 Å². The van der Waals surface area contributed by atoms with E-state index in [1.807, 2.05) is 31.3 Å². The zero-order valence-electron chi connectivity index (χ0n) is 8.44. The summed E-state index contributed by atoms with van der Waals surface area (Å²) < 4.78 is 0. The molecule has 0 saturated carbocycles. The second-order valence-electron chi connectivity index (χ2n) is 3.49. The van der Waals surface area contributed by atoms with Gasteiger partial charge in [-0.2, -0.15) is 0 Å². The smallest absolute Gasteiger partial charge is 0.0458 e. The maximum absolute atomic E-state index is 5.86. The van der Waals surface area contributed by atoms with E-state index in [1.165, 1.54) is 0 Å². The van der Waals surface area contributed by atoms with Crippen molar-refractivity contribution in [3.63, 3.8) is 0 Å². The van der Waals surface area contributed by atoms with Crippen LogP contribution in [-0.4, -0.2) is 4.98 Å². The van der Waals surface area contributed by atoms with E-state index >= 15 is 0 Å². The maximum atomic E-state index is 5.86. The number of thiol groups is 1. The fourth-order valence-corrected chi connectivity index (χ4v) is 1.81. The largest absolute Gasteiger partial charge is 0.398 e. The Morgan fingerprint density at radius 3 is 2.80 bits per heavy atom. The molecule has 0 aliphatic rings. The molecule has 0 atom stereocenters.